The molecule has 1 unspecified atom stereocenters. The number of unbranched alkanes of at least 4 members (excludes halogenated alkanes) is 1. The van der Waals surface area contributed by atoms with Gasteiger partial charge in [0.1, 0.15) is 5.70 Å². The Morgan fingerprint density at radius 1 is 1.16 bits per heavy atom. The number of rotatable bonds is 12. The molecule has 1 atom stereocenters. The Kier molecular flexibility index (Phi) is 9.37. The quantitative estimate of drug-likeness (QED) is 0.307. The monoisotopic (exact) mass is 432 g/mol. The Labute approximate surface area is 183 Å². The summed E-state index contributed by atoms with van der Waals surface area (Å²) in [5, 5.41) is 2.55. The Hall–Kier alpha value is -3.03. The second-order valence-corrected chi connectivity index (χ2v) is 7.41. The number of carbonyl (C=O) groups excluding carboxylic acids is 3. The first-order chi connectivity index (χ1) is 14.9. The number of methoxy groups -OCH3 is 2. The lowest BCUT2D eigenvalue weighted by Gasteiger charge is -2.15. The summed E-state index contributed by atoms with van der Waals surface area (Å²) < 4.78 is 15.8. The van der Waals surface area contributed by atoms with Gasteiger partial charge in [0, 0.05) is 6.54 Å². The third-order valence-corrected chi connectivity index (χ3v) is 5.24. The van der Waals surface area contributed by atoms with E-state index in [0.717, 1.165) is 30.6 Å². The van der Waals surface area contributed by atoms with Gasteiger partial charge in [-0.15, -0.1) is 0 Å². The lowest BCUT2D eigenvalue weighted by molar-refractivity contribution is -0.145. The average molecular weight is 433 g/mol. The Morgan fingerprint density at radius 3 is 2.55 bits per heavy atom. The maximum Gasteiger partial charge on any atom is 0.329 e. The van der Waals surface area contributed by atoms with Gasteiger partial charge in [0.05, 0.1) is 27.2 Å². The highest BCUT2D eigenvalue weighted by Crippen LogP contribution is 2.28. The van der Waals surface area contributed by atoms with Gasteiger partial charge in [0.15, 0.2) is 11.5 Å². The van der Waals surface area contributed by atoms with Crippen molar-refractivity contribution in [1.29, 1.82) is 0 Å². The molecule has 0 saturated carbocycles. The zero-order valence-electron chi connectivity index (χ0n) is 18.7. The molecule has 1 aliphatic rings. The predicted octanol–water partition coefficient (Wildman–Crippen LogP) is 3.75. The van der Waals surface area contributed by atoms with E-state index in [2.05, 4.69) is 19.2 Å². The van der Waals surface area contributed by atoms with E-state index in [9.17, 15) is 14.4 Å². The summed E-state index contributed by atoms with van der Waals surface area (Å²) in [5.41, 5.74) is 0.802. The maximum atomic E-state index is 12.6. The van der Waals surface area contributed by atoms with Gasteiger partial charge in [0.2, 0.25) is 0 Å². The molecule has 0 radical (unpaired) electrons. The van der Waals surface area contributed by atoms with E-state index >= 15 is 0 Å². The number of nitrogens with one attached hydrogen (secondary N) is 1. The van der Waals surface area contributed by atoms with Crippen molar-refractivity contribution in [2.75, 3.05) is 27.4 Å². The van der Waals surface area contributed by atoms with Crippen LogP contribution < -0.4 is 14.8 Å². The molecule has 0 aromatic heterocycles. The molecule has 1 aromatic rings. The standard InChI is InChI=1S/C23H32N2O6/c1-5-7-8-16(6-2)15-31-21(26)11-12-25-22(27)18(24-23(25)28)13-17-9-10-19(29-3)20(14-17)30-4/h9-10,13-14,16H,5-8,11-12,15H2,1-4H3,(H,24,28)/b18-13-. The van der Waals surface area contributed by atoms with Crippen LogP contribution in [0.15, 0.2) is 23.9 Å². The average Bonchev–Trinajstić information content (AvgIpc) is 3.04. The summed E-state index contributed by atoms with van der Waals surface area (Å²) in [6, 6.07) is 4.60. The molecule has 0 aliphatic carbocycles. The van der Waals surface area contributed by atoms with Crippen molar-refractivity contribution in [3.8, 4) is 11.5 Å². The summed E-state index contributed by atoms with van der Waals surface area (Å²) >= 11 is 0. The van der Waals surface area contributed by atoms with Crippen LogP contribution in [-0.4, -0.2) is 50.2 Å². The van der Waals surface area contributed by atoms with E-state index < -0.39 is 17.9 Å². The van der Waals surface area contributed by atoms with E-state index in [-0.39, 0.29) is 18.7 Å². The topological polar surface area (TPSA) is 94.2 Å². The molecule has 170 valence electrons. The van der Waals surface area contributed by atoms with Crippen LogP contribution in [0.2, 0.25) is 0 Å². The van der Waals surface area contributed by atoms with E-state index in [1.807, 2.05) is 0 Å². The molecule has 0 spiro atoms. The molecule has 31 heavy (non-hydrogen) atoms. The lowest BCUT2D eigenvalue weighted by atomic mass is 10.0. The summed E-state index contributed by atoms with van der Waals surface area (Å²) in [5.74, 6) is 0.524. The number of nitrogens with zero attached hydrogens (tertiary/aromatic N) is 1. The molecular weight excluding hydrogens is 400 g/mol. The lowest BCUT2D eigenvalue weighted by Crippen LogP contribution is -2.33. The highest BCUT2D eigenvalue weighted by Gasteiger charge is 2.33. The Morgan fingerprint density at radius 2 is 1.90 bits per heavy atom. The molecule has 8 nitrogen and oxygen atoms in total. The first-order valence-electron chi connectivity index (χ1n) is 10.7. The number of benzene rings is 1. The van der Waals surface area contributed by atoms with Crippen LogP contribution in [-0.2, 0) is 14.3 Å². The van der Waals surface area contributed by atoms with Gasteiger partial charge in [0.25, 0.3) is 5.91 Å². The van der Waals surface area contributed by atoms with Crippen molar-refractivity contribution < 1.29 is 28.6 Å². The number of amides is 3. The van der Waals surface area contributed by atoms with Gasteiger partial charge in [-0.2, -0.15) is 0 Å². The second kappa shape index (κ2) is 12.0. The van der Waals surface area contributed by atoms with Crippen molar-refractivity contribution in [2.24, 2.45) is 5.92 Å². The highest BCUT2D eigenvalue weighted by molar-refractivity contribution is 6.14. The van der Waals surface area contributed by atoms with Gasteiger partial charge in [-0.25, -0.2) is 4.79 Å². The molecule has 1 saturated heterocycles. The van der Waals surface area contributed by atoms with Crippen LogP contribution in [0.5, 0.6) is 11.5 Å². The molecule has 2 rings (SSSR count). The minimum Gasteiger partial charge on any atom is -0.493 e. The van der Waals surface area contributed by atoms with Gasteiger partial charge >= 0.3 is 12.0 Å². The van der Waals surface area contributed by atoms with Crippen LogP contribution in [0.3, 0.4) is 0 Å². The van der Waals surface area contributed by atoms with Gasteiger partial charge in [-0.05, 0) is 36.1 Å². The molecule has 1 aromatic carbocycles. The maximum absolute atomic E-state index is 12.6. The Bertz CT molecular complexity index is 820. The highest BCUT2D eigenvalue weighted by atomic mass is 16.5. The van der Waals surface area contributed by atoms with E-state index in [1.165, 1.54) is 14.2 Å². The predicted molar refractivity (Wildman–Crippen MR) is 117 cm³/mol. The van der Waals surface area contributed by atoms with Crippen molar-refractivity contribution in [3.63, 3.8) is 0 Å². The number of urea groups is 1. The van der Waals surface area contributed by atoms with Gasteiger partial charge in [-0.1, -0.05) is 39.2 Å². The molecule has 1 N–H and O–H groups in total. The Balaban J connectivity index is 1.93. The number of esters is 1. The number of imide groups is 1. The molecule has 1 fully saturated rings. The van der Waals surface area contributed by atoms with Crippen molar-refractivity contribution in [3.05, 3.63) is 29.5 Å². The normalized spacial score (nSPS) is 15.7. The van der Waals surface area contributed by atoms with Crippen LogP contribution in [0.25, 0.3) is 6.08 Å². The summed E-state index contributed by atoms with van der Waals surface area (Å²) in [6.45, 7) is 4.55. The van der Waals surface area contributed by atoms with E-state index in [0.29, 0.717) is 29.6 Å². The van der Waals surface area contributed by atoms with Gasteiger partial charge in [-0.3, -0.25) is 14.5 Å². The van der Waals surface area contributed by atoms with Crippen LogP contribution in [0.4, 0.5) is 4.79 Å². The zero-order chi connectivity index (χ0) is 22.8. The number of ether oxygens (including phenoxy) is 3. The van der Waals surface area contributed by atoms with Crippen molar-refractivity contribution >= 4 is 24.0 Å². The smallest absolute Gasteiger partial charge is 0.329 e. The minimum absolute atomic E-state index is 0.0292. The first-order valence-corrected chi connectivity index (χ1v) is 10.7. The van der Waals surface area contributed by atoms with Crippen molar-refractivity contribution in [1.82, 2.24) is 10.2 Å². The molecular formula is C23H32N2O6. The second-order valence-electron chi connectivity index (χ2n) is 7.41. The fourth-order valence-electron chi connectivity index (χ4n) is 3.27. The first kappa shape index (κ1) is 24.2. The molecule has 8 heteroatoms. The summed E-state index contributed by atoms with van der Waals surface area (Å²) in [4.78, 5) is 37.9. The number of hydrogen-bond acceptors (Lipinski definition) is 6. The fraction of sp³-hybridized carbons (Fsp3) is 0.522. The van der Waals surface area contributed by atoms with Crippen LogP contribution in [0.1, 0.15) is 51.5 Å². The fourth-order valence-corrected chi connectivity index (χ4v) is 3.27. The zero-order valence-corrected chi connectivity index (χ0v) is 18.7. The molecule has 3 amide bonds. The summed E-state index contributed by atoms with van der Waals surface area (Å²) in [7, 11) is 3.05. The SMILES string of the molecule is CCCCC(CC)COC(=O)CCN1C(=O)N/C(=C\c2ccc(OC)c(OC)c2)C1=O. The van der Waals surface area contributed by atoms with Crippen LogP contribution in [0, 0.1) is 5.92 Å². The number of hydrogen-bond donors (Lipinski definition) is 1. The van der Waals surface area contributed by atoms with E-state index in [1.54, 1.807) is 24.3 Å². The molecule has 1 heterocycles. The van der Waals surface area contributed by atoms with Crippen LogP contribution >= 0.6 is 0 Å². The molecule has 1 aliphatic heterocycles. The molecule has 0 bridgehead atoms. The third-order valence-electron chi connectivity index (χ3n) is 5.24. The van der Waals surface area contributed by atoms with E-state index in [4.69, 9.17) is 14.2 Å². The minimum atomic E-state index is -0.557. The van der Waals surface area contributed by atoms with Crippen molar-refractivity contribution in [2.45, 2.75) is 46.0 Å². The summed E-state index contributed by atoms with van der Waals surface area (Å²) in [6.07, 6.45) is 5.71. The third kappa shape index (κ3) is 6.73. The van der Waals surface area contributed by atoms with Gasteiger partial charge < -0.3 is 19.5 Å². The largest absolute Gasteiger partial charge is 0.493 e. The number of carbonyl (C=O) groups is 3.